The zero-order valence-corrected chi connectivity index (χ0v) is 17.5. The summed E-state index contributed by atoms with van der Waals surface area (Å²) in [5, 5.41) is 9.75. The summed E-state index contributed by atoms with van der Waals surface area (Å²) >= 11 is 7.27. The molecule has 1 atom stereocenters. The van der Waals surface area contributed by atoms with E-state index in [9.17, 15) is 14.4 Å². The first-order valence-corrected chi connectivity index (χ1v) is 10.9. The van der Waals surface area contributed by atoms with Crippen LogP contribution in [0.4, 0.5) is 5.82 Å². The van der Waals surface area contributed by atoms with Crippen molar-refractivity contribution in [1.29, 1.82) is 0 Å². The molecule has 154 valence electrons. The van der Waals surface area contributed by atoms with Crippen molar-refractivity contribution in [2.24, 2.45) is 5.92 Å². The molecule has 1 saturated heterocycles. The number of amides is 3. The number of piperidine rings is 1. The fraction of sp³-hybridized carbons (Fsp3) is 0.400. The van der Waals surface area contributed by atoms with Gasteiger partial charge in [0.1, 0.15) is 5.82 Å². The van der Waals surface area contributed by atoms with Crippen molar-refractivity contribution in [3.05, 3.63) is 45.7 Å². The fourth-order valence-electron chi connectivity index (χ4n) is 3.19. The number of rotatable bonds is 7. The molecule has 0 aromatic carbocycles. The van der Waals surface area contributed by atoms with Crippen LogP contribution in [0.3, 0.4) is 0 Å². The fourth-order valence-corrected chi connectivity index (χ4v) is 3.94. The number of nitrogens with zero attached hydrogens (tertiary/aromatic N) is 2. The van der Waals surface area contributed by atoms with Crippen molar-refractivity contribution in [2.75, 3.05) is 25.0 Å². The zero-order chi connectivity index (χ0) is 20.6. The molecule has 2 aromatic heterocycles. The molecule has 3 rings (SSSR count). The normalized spacial score (nSPS) is 16.3. The molecule has 0 aliphatic carbocycles. The Morgan fingerprint density at radius 3 is 2.86 bits per heavy atom. The molecule has 0 spiro atoms. The number of anilines is 1. The van der Waals surface area contributed by atoms with Gasteiger partial charge in [-0.2, -0.15) is 11.3 Å². The van der Waals surface area contributed by atoms with Crippen LogP contribution in [0.15, 0.2) is 35.2 Å². The predicted octanol–water partition coefficient (Wildman–Crippen LogP) is 3.18. The van der Waals surface area contributed by atoms with Crippen LogP contribution in [0.5, 0.6) is 0 Å². The van der Waals surface area contributed by atoms with Gasteiger partial charge in [0.2, 0.25) is 11.8 Å². The number of likely N-dealkylation sites (tertiary alicyclic amines) is 1. The lowest BCUT2D eigenvalue weighted by Gasteiger charge is -2.32. The molecule has 3 heterocycles. The second-order valence-corrected chi connectivity index (χ2v) is 8.12. The van der Waals surface area contributed by atoms with Gasteiger partial charge in [-0.1, -0.05) is 11.6 Å². The van der Waals surface area contributed by atoms with Crippen LogP contribution >= 0.6 is 22.9 Å². The van der Waals surface area contributed by atoms with Crippen molar-refractivity contribution in [3.8, 4) is 0 Å². The predicted molar refractivity (Wildman–Crippen MR) is 113 cm³/mol. The Morgan fingerprint density at radius 1 is 1.28 bits per heavy atom. The van der Waals surface area contributed by atoms with E-state index in [1.54, 1.807) is 28.5 Å². The highest BCUT2D eigenvalue weighted by Crippen LogP contribution is 2.20. The number of pyridine rings is 1. The minimum Gasteiger partial charge on any atom is -0.352 e. The van der Waals surface area contributed by atoms with Gasteiger partial charge in [-0.05, 0) is 42.8 Å². The summed E-state index contributed by atoms with van der Waals surface area (Å²) in [7, 11) is 0. The highest BCUT2D eigenvalue weighted by atomic mass is 35.5. The van der Waals surface area contributed by atoms with Crippen molar-refractivity contribution >= 4 is 46.5 Å². The van der Waals surface area contributed by atoms with E-state index in [2.05, 4.69) is 15.6 Å². The lowest BCUT2D eigenvalue weighted by Crippen LogP contribution is -2.44. The molecule has 0 saturated carbocycles. The van der Waals surface area contributed by atoms with Crippen molar-refractivity contribution in [3.63, 3.8) is 0 Å². The van der Waals surface area contributed by atoms with Gasteiger partial charge in [-0.3, -0.25) is 14.4 Å². The van der Waals surface area contributed by atoms with E-state index in [1.165, 1.54) is 17.5 Å². The van der Waals surface area contributed by atoms with Crippen molar-refractivity contribution in [2.45, 2.75) is 25.7 Å². The highest BCUT2D eigenvalue weighted by molar-refractivity contribution is 7.08. The molecule has 2 aromatic rings. The summed E-state index contributed by atoms with van der Waals surface area (Å²) in [4.78, 5) is 42.7. The average molecular weight is 435 g/mol. The molecule has 0 bridgehead atoms. The molecule has 29 heavy (non-hydrogen) atoms. The first-order chi connectivity index (χ1) is 14.0. The Labute approximate surface area is 178 Å². The van der Waals surface area contributed by atoms with Gasteiger partial charge >= 0.3 is 0 Å². The number of carbonyl (C=O) groups excluding carboxylic acids is 3. The topological polar surface area (TPSA) is 91.4 Å². The number of thiophene rings is 1. The number of hydrogen-bond donors (Lipinski definition) is 2. The first-order valence-electron chi connectivity index (χ1n) is 9.53. The van der Waals surface area contributed by atoms with Gasteiger partial charge in [-0.25, -0.2) is 4.98 Å². The van der Waals surface area contributed by atoms with Gasteiger partial charge in [0.15, 0.2) is 0 Å². The number of nitrogens with one attached hydrogen (secondary N) is 2. The quantitative estimate of drug-likeness (QED) is 0.654. The van der Waals surface area contributed by atoms with Gasteiger partial charge in [0.05, 0.1) is 10.9 Å². The maximum atomic E-state index is 12.5. The number of hydrogen-bond acceptors (Lipinski definition) is 5. The molecule has 1 aliphatic heterocycles. The number of carbonyl (C=O) groups is 3. The van der Waals surface area contributed by atoms with Crippen LogP contribution in [0.25, 0.3) is 0 Å². The van der Waals surface area contributed by atoms with Crippen molar-refractivity contribution in [1.82, 2.24) is 15.2 Å². The van der Waals surface area contributed by atoms with E-state index in [1.807, 2.05) is 5.38 Å². The summed E-state index contributed by atoms with van der Waals surface area (Å²) in [6.07, 6.45) is 3.91. The van der Waals surface area contributed by atoms with E-state index >= 15 is 0 Å². The largest absolute Gasteiger partial charge is 0.352 e. The lowest BCUT2D eigenvalue weighted by molar-refractivity contribution is -0.134. The minimum atomic E-state index is -0.261. The Morgan fingerprint density at radius 2 is 2.14 bits per heavy atom. The Hall–Kier alpha value is -2.45. The van der Waals surface area contributed by atoms with Crippen LogP contribution in [0, 0.1) is 5.92 Å². The van der Waals surface area contributed by atoms with E-state index < -0.39 is 0 Å². The third-order valence-electron chi connectivity index (χ3n) is 4.76. The third-order valence-corrected chi connectivity index (χ3v) is 5.67. The molecule has 0 unspecified atom stereocenters. The van der Waals surface area contributed by atoms with E-state index in [0.717, 1.165) is 12.8 Å². The summed E-state index contributed by atoms with van der Waals surface area (Å²) in [5.74, 6) is -0.0610. The third kappa shape index (κ3) is 6.27. The molecular weight excluding hydrogens is 412 g/mol. The van der Waals surface area contributed by atoms with Crippen LogP contribution in [-0.2, 0) is 9.59 Å². The minimum absolute atomic E-state index is 0.0110. The van der Waals surface area contributed by atoms with Gasteiger partial charge in [-0.15, -0.1) is 0 Å². The molecule has 7 nitrogen and oxygen atoms in total. The summed E-state index contributed by atoms with van der Waals surface area (Å²) in [6, 6.07) is 5.08. The monoisotopic (exact) mass is 434 g/mol. The maximum Gasteiger partial charge on any atom is 0.252 e. The second kappa shape index (κ2) is 10.4. The molecule has 0 radical (unpaired) electrons. The van der Waals surface area contributed by atoms with Gasteiger partial charge < -0.3 is 15.5 Å². The van der Waals surface area contributed by atoms with Crippen LogP contribution in [0.2, 0.25) is 5.02 Å². The first kappa shape index (κ1) is 21.3. The van der Waals surface area contributed by atoms with E-state index in [4.69, 9.17) is 11.6 Å². The summed E-state index contributed by atoms with van der Waals surface area (Å²) < 4.78 is 0. The van der Waals surface area contributed by atoms with E-state index in [0.29, 0.717) is 48.9 Å². The second-order valence-electron chi connectivity index (χ2n) is 6.90. The smallest absolute Gasteiger partial charge is 0.252 e. The summed E-state index contributed by atoms with van der Waals surface area (Å²) in [5.41, 5.74) is 0.640. The zero-order valence-electron chi connectivity index (χ0n) is 15.9. The lowest BCUT2D eigenvalue weighted by atomic mass is 9.96. The average Bonchev–Trinajstić information content (AvgIpc) is 3.27. The van der Waals surface area contributed by atoms with Crippen LogP contribution in [-0.4, -0.2) is 47.2 Å². The summed E-state index contributed by atoms with van der Waals surface area (Å²) in [6.45, 7) is 1.50. The standard InChI is InChI=1S/C20H23ClN4O3S/c21-16-5-6-17(23-11-16)24-20(28)14-3-2-9-25(12-14)18(26)4-1-8-22-19(27)15-7-10-29-13-15/h5-7,10-11,13-14H,1-4,8-9,12H2,(H,22,27)(H,23,24,28)/t14-/m0/s1. The number of halogens is 1. The Bertz CT molecular complexity index is 842. The van der Waals surface area contributed by atoms with E-state index in [-0.39, 0.29) is 23.6 Å². The molecule has 2 N–H and O–H groups in total. The van der Waals surface area contributed by atoms with Crippen molar-refractivity contribution < 1.29 is 14.4 Å². The Balaban J connectivity index is 1.41. The molecule has 3 amide bonds. The maximum absolute atomic E-state index is 12.5. The molecule has 1 aliphatic rings. The van der Waals surface area contributed by atoms with Gasteiger partial charge in [0.25, 0.3) is 5.91 Å². The molecule has 9 heteroatoms. The number of aromatic nitrogens is 1. The van der Waals surface area contributed by atoms with Crippen LogP contribution < -0.4 is 10.6 Å². The molecular formula is C20H23ClN4O3S. The van der Waals surface area contributed by atoms with Gasteiger partial charge in [0, 0.05) is 43.2 Å². The highest BCUT2D eigenvalue weighted by Gasteiger charge is 2.28. The Kier molecular flexibility index (Phi) is 7.60. The molecule has 1 fully saturated rings. The van der Waals surface area contributed by atoms with Crippen LogP contribution in [0.1, 0.15) is 36.0 Å². The SMILES string of the molecule is O=C(NCCCC(=O)N1CCC[C@H](C(=O)Nc2ccc(Cl)cn2)C1)c1ccsc1.